The molecule has 134 valence electrons. The molecule has 2 heterocycles. The van der Waals surface area contributed by atoms with Crippen molar-refractivity contribution in [3.05, 3.63) is 42.0 Å². The highest BCUT2D eigenvalue weighted by Crippen LogP contribution is 2.21. The SMILES string of the molecule is COc1cc(NC(=O)c2cnn(CCN3CCCCC3)c2)ccc1F. The molecule has 1 fully saturated rings. The van der Waals surface area contributed by atoms with Crippen LogP contribution in [0, 0.1) is 5.82 Å². The number of methoxy groups -OCH3 is 1. The van der Waals surface area contributed by atoms with Gasteiger partial charge in [0.05, 0.1) is 25.4 Å². The molecule has 0 atom stereocenters. The molecule has 0 radical (unpaired) electrons. The molecule has 6 nitrogen and oxygen atoms in total. The van der Waals surface area contributed by atoms with Gasteiger partial charge in [-0.1, -0.05) is 6.42 Å². The van der Waals surface area contributed by atoms with Crippen LogP contribution in [-0.4, -0.2) is 47.3 Å². The molecule has 7 heteroatoms. The second-order valence-corrected chi connectivity index (χ2v) is 6.20. The smallest absolute Gasteiger partial charge is 0.258 e. The van der Waals surface area contributed by atoms with E-state index in [0.717, 1.165) is 26.2 Å². The molecule has 0 unspecified atom stereocenters. The summed E-state index contributed by atoms with van der Waals surface area (Å²) in [5, 5.41) is 6.99. The Balaban J connectivity index is 1.56. The number of amides is 1. The fourth-order valence-electron chi connectivity index (χ4n) is 2.97. The van der Waals surface area contributed by atoms with E-state index in [1.54, 1.807) is 17.1 Å². The molecule has 0 saturated carbocycles. The van der Waals surface area contributed by atoms with Crippen molar-refractivity contribution in [1.29, 1.82) is 0 Å². The Morgan fingerprint density at radius 2 is 2.08 bits per heavy atom. The largest absolute Gasteiger partial charge is 0.494 e. The van der Waals surface area contributed by atoms with Gasteiger partial charge in [-0.25, -0.2) is 4.39 Å². The topological polar surface area (TPSA) is 59.4 Å². The van der Waals surface area contributed by atoms with Crippen molar-refractivity contribution >= 4 is 11.6 Å². The van der Waals surface area contributed by atoms with Gasteiger partial charge in [-0.2, -0.15) is 5.10 Å². The molecule has 1 aromatic heterocycles. The first-order valence-corrected chi connectivity index (χ1v) is 8.55. The van der Waals surface area contributed by atoms with Crippen LogP contribution in [0.2, 0.25) is 0 Å². The molecule has 1 N–H and O–H groups in total. The minimum absolute atomic E-state index is 0.0926. The maximum Gasteiger partial charge on any atom is 0.258 e. The Hall–Kier alpha value is -2.41. The van der Waals surface area contributed by atoms with Crippen LogP contribution >= 0.6 is 0 Å². The number of piperidine rings is 1. The zero-order valence-electron chi connectivity index (χ0n) is 14.4. The van der Waals surface area contributed by atoms with Gasteiger partial charge in [0.2, 0.25) is 0 Å². The Morgan fingerprint density at radius 3 is 2.84 bits per heavy atom. The van der Waals surface area contributed by atoms with E-state index in [1.165, 1.54) is 44.6 Å². The average molecular weight is 346 g/mol. The molecule has 1 saturated heterocycles. The maximum absolute atomic E-state index is 13.4. The molecule has 1 aromatic carbocycles. The van der Waals surface area contributed by atoms with Crippen molar-refractivity contribution in [2.75, 3.05) is 32.1 Å². The summed E-state index contributed by atoms with van der Waals surface area (Å²) in [6, 6.07) is 4.21. The lowest BCUT2D eigenvalue weighted by molar-refractivity contribution is 0.102. The summed E-state index contributed by atoms with van der Waals surface area (Å²) < 4.78 is 20.1. The number of anilines is 1. The summed E-state index contributed by atoms with van der Waals surface area (Å²) >= 11 is 0. The van der Waals surface area contributed by atoms with Gasteiger partial charge < -0.3 is 15.0 Å². The lowest BCUT2D eigenvalue weighted by Crippen LogP contribution is -2.32. The van der Waals surface area contributed by atoms with Crippen molar-refractivity contribution in [2.45, 2.75) is 25.8 Å². The standard InChI is InChI=1S/C18H23FN4O2/c1-25-17-11-15(5-6-16(17)19)21-18(24)14-12-20-23(13-14)10-9-22-7-3-2-4-8-22/h5-6,11-13H,2-4,7-10H2,1H3,(H,21,24). The van der Waals surface area contributed by atoms with Gasteiger partial charge in [0.25, 0.3) is 5.91 Å². The van der Waals surface area contributed by atoms with Crippen LogP contribution in [0.1, 0.15) is 29.6 Å². The number of benzene rings is 1. The van der Waals surface area contributed by atoms with Crippen LogP contribution in [0.15, 0.2) is 30.6 Å². The number of hydrogen-bond acceptors (Lipinski definition) is 4. The highest BCUT2D eigenvalue weighted by atomic mass is 19.1. The first-order chi connectivity index (χ1) is 12.2. The van der Waals surface area contributed by atoms with Gasteiger partial charge in [0.15, 0.2) is 11.6 Å². The van der Waals surface area contributed by atoms with E-state index >= 15 is 0 Å². The number of nitrogens with one attached hydrogen (secondary N) is 1. The van der Waals surface area contributed by atoms with E-state index in [1.807, 2.05) is 0 Å². The van der Waals surface area contributed by atoms with Crippen LogP contribution in [0.25, 0.3) is 0 Å². The van der Waals surface area contributed by atoms with E-state index < -0.39 is 5.82 Å². The van der Waals surface area contributed by atoms with E-state index in [0.29, 0.717) is 11.3 Å². The van der Waals surface area contributed by atoms with Crippen LogP contribution in [0.3, 0.4) is 0 Å². The highest BCUT2D eigenvalue weighted by molar-refractivity contribution is 6.04. The Morgan fingerprint density at radius 1 is 1.28 bits per heavy atom. The molecule has 0 bridgehead atoms. The predicted molar refractivity (Wildman–Crippen MR) is 93.4 cm³/mol. The quantitative estimate of drug-likeness (QED) is 0.874. The highest BCUT2D eigenvalue weighted by Gasteiger charge is 2.13. The fraction of sp³-hybridized carbons (Fsp3) is 0.444. The third-order valence-corrected chi connectivity index (χ3v) is 4.40. The Bertz CT molecular complexity index is 726. The van der Waals surface area contributed by atoms with Crippen molar-refractivity contribution in [3.63, 3.8) is 0 Å². The third-order valence-electron chi connectivity index (χ3n) is 4.40. The second kappa shape index (κ2) is 8.11. The molecule has 25 heavy (non-hydrogen) atoms. The molecule has 2 aromatic rings. The zero-order chi connectivity index (χ0) is 17.6. The molecular weight excluding hydrogens is 323 g/mol. The van der Waals surface area contributed by atoms with E-state index in [-0.39, 0.29) is 11.7 Å². The second-order valence-electron chi connectivity index (χ2n) is 6.20. The Labute approximate surface area is 146 Å². The van der Waals surface area contributed by atoms with Gasteiger partial charge >= 0.3 is 0 Å². The van der Waals surface area contributed by atoms with Gasteiger partial charge in [-0.3, -0.25) is 9.48 Å². The fourth-order valence-corrected chi connectivity index (χ4v) is 2.97. The van der Waals surface area contributed by atoms with E-state index in [4.69, 9.17) is 4.74 Å². The predicted octanol–water partition coefficient (Wildman–Crippen LogP) is 2.77. The average Bonchev–Trinajstić information content (AvgIpc) is 3.11. The van der Waals surface area contributed by atoms with Crippen LogP contribution < -0.4 is 10.1 Å². The van der Waals surface area contributed by atoms with Crippen molar-refractivity contribution in [2.24, 2.45) is 0 Å². The maximum atomic E-state index is 13.4. The lowest BCUT2D eigenvalue weighted by atomic mass is 10.1. The number of likely N-dealkylation sites (tertiary alicyclic amines) is 1. The number of nitrogens with zero attached hydrogens (tertiary/aromatic N) is 3. The van der Waals surface area contributed by atoms with Gasteiger partial charge in [0, 0.05) is 24.5 Å². The zero-order valence-corrected chi connectivity index (χ0v) is 14.4. The minimum atomic E-state index is -0.467. The summed E-state index contributed by atoms with van der Waals surface area (Å²) in [6.07, 6.45) is 7.12. The molecule has 0 aliphatic carbocycles. The van der Waals surface area contributed by atoms with Crippen LogP contribution in [-0.2, 0) is 6.54 Å². The van der Waals surface area contributed by atoms with E-state index in [9.17, 15) is 9.18 Å². The lowest BCUT2D eigenvalue weighted by Gasteiger charge is -2.26. The number of hydrogen-bond donors (Lipinski definition) is 1. The van der Waals surface area contributed by atoms with Crippen molar-refractivity contribution in [3.8, 4) is 5.75 Å². The number of aromatic nitrogens is 2. The Kier molecular flexibility index (Phi) is 5.65. The molecule has 0 spiro atoms. The first-order valence-electron chi connectivity index (χ1n) is 8.55. The number of carbonyl (C=O) groups excluding carboxylic acids is 1. The van der Waals surface area contributed by atoms with Gasteiger partial charge in [0.1, 0.15) is 0 Å². The number of ether oxygens (including phenoxy) is 1. The first kappa shape index (κ1) is 17.4. The summed E-state index contributed by atoms with van der Waals surface area (Å²) in [6.45, 7) is 3.98. The molecular formula is C18H23FN4O2. The van der Waals surface area contributed by atoms with Gasteiger partial charge in [-0.05, 0) is 38.1 Å². The van der Waals surface area contributed by atoms with Crippen LogP contribution in [0.5, 0.6) is 5.75 Å². The van der Waals surface area contributed by atoms with Crippen molar-refractivity contribution < 1.29 is 13.9 Å². The summed E-state index contributed by atoms with van der Waals surface area (Å²) in [5.74, 6) is -0.654. The normalized spacial score (nSPS) is 15.1. The van der Waals surface area contributed by atoms with Crippen LogP contribution in [0.4, 0.5) is 10.1 Å². The third kappa shape index (κ3) is 4.57. The van der Waals surface area contributed by atoms with Gasteiger partial charge in [-0.15, -0.1) is 0 Å². The summed E-state index contributed by atoms with van der Waals surface area (Å²) in [7, 11) is 1.39. The number of halogens is 1. The van der Waals surface area contributed by atoms with Crippen molar-refractivity contribution in [1.82, 2.24) is 14.7 Å². The molecule has 1 amide bonds. The molecule has 1 aliphatic rings. The molecule has 3 rings (SSSR count). The van der Waals surface area contributed by atoms with E-state index in [2.05, 4.69) is 15.3 Å². The minimum Gasteiger partial charge on any atom is -0.494 e. The summed E-state index contributed by atoms with van der Waals surface area (Å²) in [4.78, 5) is 14.7. The number of carbonyl (C=O) groups is 1. The molecule has 1 aliphatic heterocycles. The number of rotatable bonds is 6. The monoisotopic (exact) mass is 346 g/mol. The summed E-state index contributed by atoms with van der Waals surface area (Å²) in [5.41, 5.74) is 0.950.